The predicted molar refractivity (Wildman–Crippen MR) is 44.7 cm³/mol. The Morgan fingerprint density at radius 1 is 1.36 bits per heavy atom. The smallest absolute Gasteiger partial charge is 0.128 e. The molecule has 1 aliphatic rings. The zero-order chi connectivity index (χ0) is 7.68. The van der Waals surface area contributed by atoms with E-state index in [0.29, 0.717) is 0 Å². The standard InChI is InChI=1S/C8H13N3/c1-10-4-2-3-5-11-7-9-6-8(10)11/h6-7H,2-5H2,1H3. The third-order valence-corrected chi connectivity index (χ3v) is 2.22. The molecule has 3 heteroatoms. The zero-order valence-corrected chi connectivity index (χ0v) is 6.82. The summed E-state index contributed by atoms with van der Waals surface area (Å²) in [5, 5.41) is 0. The molecule has 0 saturated carbocycles. The monoisotopic (exact) mass is 151 g/mol. The van der Waals surface area contributed by atoms with Crippen LogP contribution < -0.4 is 4.90 Å². The van der Waals surface area contributed by atoms with Gasteiger partial charge in [-0.1, -0.05) is 0 Å². The molecular weight excluding hydrogens is 138 g/mol. The van der Waals surface area contributed by atoms with E-state index in [9.17, 15) is 0 Å². The zero-order valence-electron chi connectivity index (χ0n) is 6.82. The average Bonchev–Trinajstić information content (AvgIpc) is 2.40. The van der Waals surface area contributed by atoms with E-state index in [1.807, 2.05) is 12.5 Å². The Labute approximate surface area is 66.6 Å². The molecule has 0 bridgehead atoms. The quantitative estimate of drug-likeness (QED) is 0.554. The second-order valence-corrected chi connectivity index (χ2v) is 3.07. The van der Waals surface area contributed by atoms with Crippen molar-refractivity contribution in [3.8, 4) is 0 Å². The minimum absolute atomic E-state index is 1.12. The summed E-state index contributed by atoms with van der Waals surface area (Å²) < 4.78 is 2.22. The molecule has 0 fully saturated rings. The van der Waals surface area contributed by atoms with Gasteiger partial charge >= 0.3 is 0 Å². The second-order valence-electron chi connectivity index (χ2n) is 3.07. The fourth-order valence-electron chi connectivity index (χ4n) is 1.55. The lowest BCUT2D eigenvalue weighted by Crippen LogP contribution is -2.18. The van der Waals surface area contributed by atoms with Gasteiger partial charge in [0.2, 0.25) is 0 Å². The first kappa shape index (κ1) is 6.70. The molecule has 2 heterocycles. The van der Waals surface area contributed by atoms with Gasteiger partial charge in [0.25, 0.3) is 0 Å². The second kappa shape index (κ2) is 2.57. The number of aromatic nitrogens is 2. The van der Waals surface area contributed by atoms with E-state index in [1.165, 1.54) is 18.7 Å². The Balaban J connectivity index is 2.34. The lowest BCUT2D eigenvalue weighted by Gasteiger charge is -2.15. The van der Waals surface area contributed by atoms with E-state index in [2.05, 4.69) is 21.5 Å². The van der Waals surface area contributed by atoms with Gasteiger partial charge < -0.3 is 9.47 Å². The summed E-state index contributed by atoms with van der Waals surface area (Å²) in [5.41, 5.74) is 0. The first-order valence-electron chi connectivity index (χ1n) is 4.09. The average molecular weight is 151 g/mol. The van der Waals surface area contributed by atoms with Gasteiger partial charge in [-0.25, -0.2) is 4.98 Å². The van der Waals surface area contributed by atoms with Gasteiger partial charge in [0.1, 0.15) is 5.82 Å². The van der Waals surface area contributed by atoms with Gasteiger partial charge in [-0.15, -0.1) is 0 Å². The lowest BCUT2D eigenvalue weighted by molar-refractivity contribution is 0.651. The molecule has 0 atom stereocenters. The van der Waals surface area contributed by atoms with Crippen molar-refractivity contribution in [2.75, 3.05) is 18.5 Å². The van der Waals surface area contributed by atoms with Crippen LogP contribution in [0.2, 0.25) is 0 Å². The fourth-order valence-corrected chi connectivity index (χ4v) is 1.55. The summed E-state index contributed by atoms with van der Waals surface area (Å²) >= 11 is 0. The minimum atomic E-state index is 1.12. The molecule has 3 nitrogen and oxygen atoms in total. The van der Waals surface area contributed by atoms with E-state index in [0.717, 1.165) is 13.1 Å². The highest BCUT2D eigenvalue weighted by Gasteiger charge is 2.10. The summed E-state index contributed by atoms with van der Waals surface area (Å²) in [7, 11) is 2.12. The summed E-state index contributed by atoms with van der Waals surface area (Å²) in [6.07, 6.45) is 6.41. The third kappa shape index (κ3) is 1.11. The molecule has 0 N–H and O–H groups in total. The first-order valence-corrected chi connectivity index (χ1v) is 4.09. The highest BCUT2D eigenvalue weighted by Crippen LogP contribution is 2.16. The topological polar surface area (TPSA) is 21.1 Å². The molecule has 0 spiro atoms. The van der Waals surface area contributed by atoms with Gasteiger partial charge in [0, 0.05) is 20.1 Å². The van der Waals surface area contributed by atoms with Crippen molar-refractivity contribution in [2.45, 2.75) is 19.4 Å². The summed E-state index contributed by atoms with van der Waals surface area (Å²) in [5.74, 6) is 1.25. The molecule has 0 amide bonds. The molecule has 0 radical (unpaired) electrons. The number of aryl methyl sites for hydroxylation is 1. The molecule has 0 aliphatic carbocycles. The van der Waals surface area contributed by atoms with Gasteiger partial charge in [0.15, 0.2) is 0 Å². The molecule has 0 unspecified atom stereocenters. The van der Waals surface area contributed by atoms with Crippen molar-refractivity contribution in [2.24, 2.45) is 0 Å². The summed E-state index contributed by atoms with van der Waals surface area (Å²) in [6.45, 7) is 2.28. The van der Waals surface area contributed by atoms with Crippen LogP contribution in [0.5, 0.6) is 0 Å². The van der Waals surface area contributed by atoms with Gasteiger partial charge in [-0.2, -0.15) is 0 Å². The predicted octanol–water partition coefficient (Wildman–Crippen LogP) is 1.11. The third-order valence-electron chi connectivity index (χ3n) is 2.22. The molecule has 11 heavy (non-hydrogen) atoms. The Bertz CT molecular complexity index is 241. The first-order chi connectivity index (χ1) is 5.38. The number of hydrogen-bond donors (Lipinski definition) is 0. The number of nitrogens with zero attached hydrogens (tertiary/aromatic N) is 3. The largest absolute Gasteiger partial charge is 0.360 e. The number of imidazole rings is 1. The molecule has 1 aromatic heterocycles. The normalized spacial score (nSPS) is 17.7. The van der Waals surface area contributed by atoms with Crippen molar-refractivity contribution in [1.82, 2.24) is 9.55 Å². The summed E-state index contributed by atoms with van der Waals surface area (Å²) in [6, 6.07) is 0. The van der Waals surface area contributed by atoms with Crippen LogP contribution in [0.4, 0.5) is 5.82 Å². The molecule has 60 valence electrons. The summed E-state index contributed by atoms with van der Waals surface area (Å²) in [4.78, 5) is 6.38. The fraction of sp³-hybridized carbons (Fsp3) is 0.625. The van der Waals surface area contributed by atoms with Crippen LogP contribution in [0.1, 0.15) is 12.8 Å². The van der Waals surface area contributed by atoms with Gasteiger partial charge in [-0.3, -0.25) is 0 Å². The van der Waals surface area contributed by atoms with Gasteiger partial charge in [0.05, 0.1) is 12.5 Å². The maximum Gasteiger partial charge on any atom is 0.128 e. The van der Waals surface area contributed by atoms with E-state index < -0.39 is 0 Å². The van der Waals surface area contributed by atoms with Crippen molar-refractivity contribution in [3.05, 3.63) is 12.5 Å². The number of hydrogen-bond acceptors (Lipinski definition) is 2. The SMILES string of the molecule is CN1CCCCn2cncc21. The highest BCUT2D eigenvalue weighted by molar-refractivity contribution is 5.36. The van der Waals surface area contributed by atoms with Crippen LogP contribution in [0.15, 0.2) is 12.5 Å². The van der Waals surface area contributed by atoms with E-state index in [1.54, 1.807) is 0 Å². The molecule has 1 aliphatic heterocycles. The van der Waals surface area contributed by atoms with Crippen molar-refractivity contribution in [1.29, 1.82) is 0 Å². The minimum Gasteiger partial charge on any atom is -0.360 e. The molecule has 0 saturated heterocycles. The Hall–Kier alpha value is -0.990. The highest BCUT2D eigenvalue weighted by atomic mass is 15.2. The molecule has 0 aromatic carbocycles. The van der Waals surface area contributed by atoms with Crippen LogP contribution in [0.3, 0.4) is 0 Å². The number of fused-ring (bicyclic) bond motifs is 1. The van der Waals surface area contributed by atoms with Crippen molar-refractivity contribution < 1.29 is 0 Å². The maximum absolute atomic E-state index is 4.12. The van der Waals surface area contributed by atoms with Crippen molar-refractivity contribution >= 4 is 5.82 Å². The van der Waals surface area contributed by atoms with Crippen LogP contribution in [-0.2, 0) is 6.54 Å². The lowest BCUT2D eigenvalue weighted by atomic mass is 10.3. The number of rotatable bonds is 0. The number of anilines is 1. The van der Waals surface area contributed by atoms with Crippen LogP contribution in [0.25, 0.3) is 0 Å². The van der Waals surface area contributed by atoms with E-state index >= 15 is 0 Å². The molecule has 2 rings (SSSR count). The Kier molecular flexibility index (Phi) is 1.56. The van der Waals surface area contributed by atoms with E-state index in [4.69, 9.17) is 0 Å². The van der Waals surface area contributed by atoms with E-state index in [-0.39, 0.29) is 0 Å². The van der Waals surface area contributed by atoms with Crippen LogP contribution in [0, 0.1) is 0 Å². The van der Waals surface area contributed by atoms with Gasteiger partial charge in [-0.05, 0) is 12.8 Å². The van der Waals surface area contributed by atoms with Crippen LogP contribution in [-0.4, -0.2) is 23.1 Å². The molecule has 1 aromatic rings. The van der Waals surface area contributed by atoms with Crippen LogP contribution >= 0.6 is 0 Å². The van der Waals surface area contributed by atoms with Crippen molar-refractivity contribution in [3.63, 3.8) is 0 Å². The Morgan fingerprint density at radius 3 is 3.09 bits per heavy atom. The Morgan fingerprint density at radius 2 is 2.18 bits per heavy atom. The maximum atomic E-state index is 4.12. The molecular formula is C8H13N3.